The lowest BCUT2D eigenvalue weighted by Crippen LogP contribution is -2.29. The zero-order valence-corrected chi connectivity index (χ0v) is 12.0. The molecule has 1 fully saturated rings. The van der Waals surface area contributed by atoms with Gasteiger partial charge >= 0.3 is 0 Å². The van der Waals surface area contributed by atoms with Gasteiger partial charge in [0.05, 0.1) is 4.90 Å². The summed E-state index contributed by atoms with van der Waals surface area (Å²) in [5.41, 5.74) is 0.904. The van der Waals surface area contributed by atoms with Crippen LogP contribution in [0.5, 0.6) is 0 Å². The molecule has 1 unspecified atom stereocenters. The van der Waals surface area contributed by atoms with Crippen molar-refractivity contribution in [2.24, 2.45) is 5.92 Å². The molecule has 1 heterocycles. The van der Waals surface area contributed by atoms with Crippen LogP contribution in [0.1, 0.15) is 6.42 Å². The van der Waals surface area contributed by atoms with E-state index in [9.17, 15) is 8.42 Å². The van der Waals surface area contributed by atoms with E-state index in [2.05, 4.69) is 10.0 Å². The van der Waals surface area contributed by atoms with Gasteiger partial charge in [-0.3, -0.25) is 0 Å². The van der Waals surface area contributed by atoms with Crippen LogP contribution in [0.3, 0.4) is 0 Å². The number of thioether (sulfide) groups is 1. The molecule has 1 atom stereocenters. The van der Waals surface area contributed by atoms with Gasteiger partial charge in [0.2, 0.25) is 10.0 Å². The van der Waals surface area contributed by atoms with Crippen molar-refractivity contribution >= 4 is 27.5 Å². The van der Waals surface area contributed by atoms with Gasteiger partial charge in [0.25, 0.3) is 0 Å². The van der Waals surface area contributed by atoms with E-state index in [0.717, 1.165) is 23.6 Å². The molecular weight excluding hydrogens is 268 g/mol. The average Bonchev–Trinajstić information content (AvgIpc) is 2.90. The van der Waals surface area contributed by atoms with Gasteiger partial charge in [-0.15, -0.1) is 0 Å². The number of nitrogens with one attached hydrogen (secondary N) is 2. The van der Waals surface area contributed by atoms with Gasteiger partial charge in [0, 0.05) is 19.3 Å². The summed E-state index contributed by atoms with van der Waals surface area (Å²) in [6.07, 6.45) is 1.10. The Morgan fingerprint density at radius 3 is 2.61 bits per heavy atom. The molecule has 0 radical (unpaired) electrons. The number of hydrogen-bond donors (Lipinski definition) is 2. The van der Waals surface area contributed by atoms with Crippen LogP contribution in [-0.4, -0.2) is 33.5 Å². The Labute approximate surface area is 113 Å². The molecule has 0 spiro atoms. The Balaban J connectivity index is 2.00. The van der Waals surface area contributed by atoms with Crippen LogP contribution in [0.4, 0.5) is 5.69 Å². The van der Waals surface area contributed by atoms with Crippen molar-refractivity contribution < 1.29 is 8.42 Å². The predicted molar refractivity (Wildman–Crippen MR) is 76.6 cm³/mol. The SMILES string of the molecule is CNc1ccc(S(=O)(=O)NCC2CCSC2)cc1. The molecule has 1 aromatic rings. The van der Waals surface area contributed by atoms with Crippen LogP contribution in [0.25, 0.3) is 0 Å². The molecule has 4 nitrogen and oxygen atoms in total. The summed E-state index contributed by atoms with van der Waals surface area (Å²) in [7, 11) is -1.55. The maximum atomic E-state index is 12.1. The first-order chi connectivity index (χ1) is 8.62. The van der Waals surface area contributed by atoms with Gasteiger partial charge in [-0.1, -0.05) is 0 Å². The van der Waals surface area contributed by atoms with Crippen LogP contribution in [0.15, 0.2) is 29.2 Å². The lowest BCUT2D eigenvalue weighted by molar-refractivity contribution is 0.546. The molecule has 1 aromatic carbocycles. The van der Waals surface area contributed by atoms with Crippen molar-refractivity contribution in [2.45, 2.75) is 11.3 Å². The summed E-state index contributed by atoms with van der Waals surface area (Å²) in [6, 6.07) is 6.77. The zero-order chi connectivity index (χ0) is 13.0. The molecule has 2 N–H and O–H groups in total. The fourth-order valence-electron chi connectivity index (χ4n) is 1.86. The summed E-state index contributed by atoms with van der Waals surface area (Å²) in [5.74, 6) is 2.67. The number of benzene rings is 1. The highest BCUT2D eigenvalue weighted by Gasteiger charge is 2.19. The highest BCUT2D eigenvalue weighted by atomic mass is 32.2. The fraction of sp³-hybridized carbons (Fsp3) is 0.500. The van der Waals surface area contributed by atoms with Crippen LogP contribution >= 0.6 is 11.8 Å². The number of rotatable bonds is 5. The normalized spacial score (nSPS) is 19.9. The number of anilines is 1. The third-order valence-electron chi connectivity index (χ3n) is 3.04. The Morgan fingerprint density at radius 1 is 1.33 bits per heavy atom. The molecule has 0 aromatic heterocycles. The van der Waals surface area contributed by atoms with Crippen molar-refractivity contribution in [3.8, 4) is 0 Å². The van der Waals surface area contributed by atoms with Gasteiger partial charge in [-0.25, -0.2) is 13.1 Å². The van der Waals surface area contributed by atoms with Crippen molar-refractivity contribution in [1.82, 2.24) is 4.72 Å². The van der Waals surface area contributed by atoms with Crippen LogP contribution in [0, 0.1) is 5.92 Å². The summed E-state index contributed by atoms with van der Waals surface area (Å²) < 4.78 is 26.8. The van der Waals surface area contributed by atoms with E-state index in [1.165, 1.54) is 0 Å². The van der Waals surface area contributed by atoms with Crippen LogP contribution < -0.4 is 10.0 Å². The summed E-state index contributed by atoms with van der Waals surface area (Å²) in [6.45, 7) is 0.545. The van der Waals surface area contributed by atoms with Crippen LogP contribution in [-0.2, 0) is 10.0 Å². The fourth-order valence-corrected chi connectivity index (χ4v) is 4.26. The van der Waals surface area contributed by atoms with Gasteiger partial charge in [-0.05, 0) is 48.1 Å². The third-order valence-corrected chi connectivity index (χ3v) is 5.71. The number of hydrogen-bond acceptors (Lipinski definition) is 4. The lowest BCUT2D eigenvalue weighted by atomic mass is 10.1. The average molecular weight is 286 g/mol. The maximum Gasteiger partial charge on any atom is 0.240 e. The Morgan fingerprint density at radius 2 is 2.06 bits per heavy atom. The van der Waals surface area contributed by atoms with E-state index in [4.69, 9.17) is 0 Å². The van der Waals surface area contributed by atoms with E-state index < -0.39 is 10.0 Å². The monoisotopic (exact) mass is 286 g/mol. The predicted octanol–water partition coefficient (Wildman–Crippen LogP) is 1.76. The molecular formula is C12H18N2O2S2. The Bertz CT molecular complexity index is 479. The number of sulfonamides is 1. The molecule has 18 heavy (non-hydrogen) atoms. The van der Waals surface area contributed by atoms with E-state index in [1.54, 1.807) is 31.3 Å². The summed E-state index contributed by atoms with van der Waals surface area (Å²) in [5, 5.41) is 2.96. The van der Waals surface area contributed by atoms with Crippen LogP contribution in [0.2, 0.25) is 0 Å². The largest absolute Gasteiger partial charge is 0.388 e. The summed E-state index contributed by atoms with van der Waals surface area (Å²) in [4.78, 5) is 0.326. The zero-order valence-electron chi connectivity index (χ0n) is 10.3. The van der Waals surface area contributed by atoms with Gasteiger partial charge < -0.3 is 5.32 Å². The molecule has 1 saturated heterocycles. The third kappa shape index (κ3) is 3.40. The molecule has 2 rings (SSSR count). The first-order valence-electron chi connectivity index (χ1n) is 5.97. The molecule has 0 aliphatic carbocycles. The minimum absolute atomic E-state index is 0.326. The smallest absolute Gasteiger partial charge is 0.240 e. The Hall–Kier alpha value is -0.720. The van der Waals surface area contributed by atoms with Crippen molar-refractivity contribution in [1.29, 1.82) is 0 Å². The second-order valence-corrected chi connectivity index (χ2v) is 7.27. The van der Waals surface area contributed by atoms with E-state index in [-0.39, 0.29) is 0 Å². The van der Waals surface area contributed by atoms with E-state index in [1.807, 2.05) is 11.8 Å². The molecule has 1 aliphatic heterocycles. The lowest BCUT2D eigenvalue weighted by Gasteiger charge is -2.11. The molecule has 1 aliphatic rings. The molecule has 0 saturated carbocycles. The first-order valence-corrected chi connectivity index (χ1v) is 8.61. The van der Waals surface area contributed by atoms with E-state index in [0.29, 0.717) is 17.4 Å². The van der Waals surface area contributed by atoms with E-state index >= 15 is 0 Å². The standard InChI is InChI=1S/C12H18N2O2S2/c1-13-11-2-4-12(5-3-11)18(15,16)14-8-10-6-7-17-9-10/h2-5,10,13-14H,6-9H2,1H3. The second-order valence-electron chi connectivity index (χ2n) is 4.36. The highest BCUT2D eigenvalue weighted by Crippen LogP contribution is 2.23. The topological polar surface area (TPSA) is 58.2 Å². The molecule has 100 valence electrons. The van der Waals surface area contributed by atoms with Crippen molar-refractivity contribution in [2.75, 3.05) is 30.4 Å². The molecule has 6 heteroatoms. The quantitative estimate of drug-likeness (QED) is 0.866. The van der Waals surface area contributed by atoms with Gasteiger partial charge in [-0.2, -0.15) is 11.8 Å². The Kier molecular flexibility index (Phi) is 4.53. The first kappa shape index (κ1) is 13.7. The van der Waals surface area contributed by atoms with Gasteiger partial charge in [0.15, 0.2) is 0 Å². The second kappa shape index (κ2) is 5.95. The maximum absolute atomic E-state index is 12.1. The van der Waals surface area contributed by atoms with Gasteiger partial charge in [0.1, 0.15) is 0 Å². The molecule has 0 bridgehead atoms. The highest BCUT2D eigenvalue weighted by molar-refractivity contribution is 7.99. The minimum Gasteiger partial charge on any atom is -0.388 e. The van der Waals surface area contributed by atoms with Crippen molar-refractivity contribution in [3.63, 3.8) is 0 Å². The summed E-state index contributed by atoms with van der Waals surface area (Å²) >= 11 is 1.89. The minimum atomic E-state index is -3.36. The van der Waals surface area contributed by atoms with Crippen molar-refractivity contribution in [3.05, 3.63) is 24.3 Å². The molecule has 0 amide bonds.